The summed E-state index contributed by atoms with van der Waals surface area (Å²) < 4.78 is 1.74. The Morgan fingerprint density at radius 3 is 3.06 bits per heavy atom. The van der Waals surface area contributed by atoms with Crippen LogP contribution in [-0.4, -0.2) is 27.2 Å². The summed E-state index contributed by atoms with van der Waals surface area (Å²) in [5.74, 6) is -0.374. The van der Waals surface area contributed by atoms with Gasteiger partial charge in [0.05, 0.1) is 12.7 Å². The molecule has 2 aromatic heterocycles. The minimum Gasteiger partial charge on any atom is -0.367 e. The Hall–Kier alpha value is -2.37. The molecule has 0 aliphatic heterocycles. The minimum atomic E-state index is -0.374. The van der Waals surface area contributed by atoms with Crippen LogP contribution in [0, 0.1) is 6.92 Å². The van der Waals surface area contributed by atoms with Gasteiger partial charge in [0.2, 0.25) is 0 Å². The fraction of sp³-hybridized carbons (Fsp3) is 0.250. The van der Waals surface area contributed by atoms with Crippen molar-refractivity contribution in [2.75, 3.05) is 6.54 Å². The lowest BCUT2D eigenvalue weighted by atomic mass is 10.2. The quantitative estimate of drug-likeness (QED) is 0.814. The Labute approximate surface area is 104 Å². The van der Waals surface area contributed by atoms with Crippen LogP contribution >= 0.6 is 0 Å². The molecule has 0 spiro atoms. The first-order chi connectivity index (χ1) is 8.66. The summed E-state index contributed by atoms with van der Waals surface area (Å²) in [5.41, 5.74) is 0.899. The van der Waals surface area contributed by atoms with E-state index in [-0.39, 0.29) is 16.9 Å². The summed E-state index contributed by atoms with van der Waals surface area (Å²) in [6.45, 7) is 2.95. The van der Waals surface area contributed by atoms with E-state index in [0.717, 1.165) is 5.56 Å². The maximum atomic E-state index is 11.7. The van der Waals surface area contributed by atoms with Gasteiger partial charge in [-0.15, -0.1) is 0 Å². The number of carbonyl (C=O) groups excluding carboxylic acids is 1. The molecule has 6 nitrogen and oxygen atoms in total. The summed E-state index contributed by atoms with van der Waals surface area (Å²) in [6, 6.07) is 1.33. The van der Waals surface area contributed by atoms with Crippen LogP contribution in [0.1, 0.15) is 15.9 Å². The standard InChI is InChI=1S/C12H14N4O2/c1-9-6-15-16(8-9)5-4-14-12(18)10-7-13-3-2-11(10)17/h2-3,6-8H,4-5H2,1H3,(H,13,17)(H,14,18). The number of H-pyrrole nitrogens is 1. The van der Waals surface area contributed by atoms with E-state index in [9.17, 15) is 9.59 Å². The number of nitrogens with zero attached hydrogens (tertiary/aromatic N) is 2. The van der Waals surface area contributed by atoms with Crippen LogP contribution in [-0.2, 0) is 6.54 Å². The van der Waals surface area contributed by atoms with Crippen LogP contribution in [0.4, 0.5) is 0 Å². The Balaban J connectivity index is 1.89. The van der Waals surface area contributed by atoms with Crippen molar-refractivity contribution in [1.82, 2.24) is 20.1 Å². The van der Waals surface area contributed by atoms with Crippen molar-refractivity contribution in [3.63, 3.8) is 0 Å². The second-order valence-corrected chi connectivity index (χ2v) is 3.96. The largest absolute Gasteiger partial charge is 0.367 e. The van der Waals surface area contributed by atoms with Crippen molar-refractivity contribution >= 4 is 5.91 Å². The topological polar surface area (TPSA) is 79.8 Å². The molecule has 0 unspecified atom stereocenters. The zero-order chi connectivity index (χ0) is 13.0. The lowest BCUT2D eigenvalue weighted by Gasteiger charge is -2.04. The molecule has 18 heavy (non-hydrogen) atoms. The number of pyridine rings is 1. The van der Waals surface area contributed by atoms with Crippen molar-refractivity contribution in [3.05, 3.63) is 52.2 Å². The van der Waals surface area contributed by atoms with E-state index in [0.29, 0.717) is 13.1 Å². The zero-order valence-electron chi connectivity index (χ0n) is 10.0. The molecule has 0 saturated heterocycles. The molecule has 2 rings (SSSR count). The van der Waals surface area contributed by atoms with Gasteiger partial charge in [-0.05, 0) is 12.5 Å². The predicted molar refractivity (Wildman–Crippen MR) is 66.4 cm³/mol. The van der Waals surface area contributed by atoms with E-state index in [4.69, 9.17) is 0 Å². The third kappa shape index (κ3) is 2.85. The Morgan fingerprint density at radius 2 is 2.39 bits per heavy atom. The van der Waals surface area contributed by atoms with Gasteiger partial charge in [0.15, 0.2) is 5.43 Å². The molecule has 94 valence electrons. The molecule has 0 aliphatic carbocycles. The molecule has 0 radical (unpaired) electrons. The van der Waals surface area contributed by atoms with Gasteiger partial charge < -0.3 is 10.3 Å². The highest BCUT2D eigenvalue weighted by Gasteiger charge is 2.08. The average Bonchev–Trinajstić information content (AvgIpc) is 2.75. The molecule has 6 heteroatoms. The average molecular weight is 246 g/mol. The van der Waals surface area contributed by atoms with Crippen molar-refractivity contribution in [2.24, 2.45) is 0 Å². The lowest BCUT2D eigenvalue weighted by Crippen LogP contribution is -2.31. The van der Waals surface area contributed by atoms with Crippen LogP contribution in [0.15, 0.2) is 35.6 Å². The normalized spacial score (nSPS) is 10.3. The van der Waals surface area contributed by atoms with Gasteiger partial charge >= 0.3 is 0 Å². The fourth-order valence-electron chi connectivity index (χ4n) is 1.56. The van der Waals surface area contributed by atoms with E-state index < -0.39 is 0 Å². The highest BCUT2D eigenvalue weighted by Crippen LogP contribution is 1.93. The number of nitrogens with one attached hydrogen (secondary N) is 2. The number of amides is 1. The highest BCUT2D eigenvalue weighted by atomic mass is 16.2. The molecular weight excluding hydrogens is 232 g/mol. The number of rotatable bonds is 4. The van der Waals surface area contributed by atoms with Crippen LogP contribution in [0.5, 0.6) is 0 Å². The molecule has 2 N–H and O–H groups in total. The number of carbonyl (C=O) groups is 1. The number of aryl methyl sites for hydroxylation is 1. The maximum Gasteiger partial charge on any atom is 0.256 e. The smallest absolute Gasteiger partial charge is 0.256 e. The number of hydrogen-bond acceptors (Lipinski definition) is 3. The molecule has 0 atom stereocenters. The number of aromatic nitrogens is 3. The summed E-state index contributed by atoms with van der Waals surface area (Å²) >= 11 is 0. The van der Waals surface area contributed by atoms with Gasteiger partial charge in [0.1, 0.15) is 5.56 Å². The van der Waals surface area contributed by atoms with Crippen LogP contribution < -0.4 is 10.7 Å². The van der Waals surface area contributed by atoms with Gasteiger partial charge in [-0.2, -0.15) is 5.10 Å². The monoisotopic (exact) mass is 246 g/mol. The molecule has 2 aromatic rings. The van der Waals surface area contributed by atoms with Crippen molar-refractivity contribution in [1.29, 1.82) is 0 Å². The van der Waals surface area contributed by atoms with Gasteiger partial charge in [-0.1, -0.05) is 0 Å². The first kappa shape index (κ1) is 12.1. The van der Waals surface area contributed by atoms with Crippen molar-refractivity contribution in [3.8, 4) is 0 Å². The minimum absolute atomic E-state index is 0.120. The highest BCUT2D eigenvalue weighted by molar-refractivity contribution is 5.93. The second kappa shape index (κ2) is 5.31. The molecule has 0 bridgehead atoms. The predicted octanol–water partition coefficient (Wildman–Crippen LogP) is 0.310. The summed E-state index contributed by atoms with van der Waals surface area (Å²) in [4.78, 5) is 25.8. The van der Waals surface area contributed by atoms with Gasteiger partial charge in [-0.25, -0.2) is 0 Å². The zero-order valence-corrected chi connectivity index (χ0v) is 10.0. The molecule has 0 saturated carbocycles. The van der Waals surface area contributed by atoms with Crippen LogP contribution in [0.2, 0.25) is 0 Å². The van der Waals surface area contributed by atoms with Crippen molar-refractivity contribution < 1.29 is 4.79 Å². The molecule has 0 aromatic carbocycles. The van der Waals surface area contributed by atoms with Gasteiger partial charge in [0.25, 0.3) is 5.91 Å². The van der Waals surface area contributed by atoms with E-state index in [2.05, 4.69) is 15.4 Å². The summed E-state index contributed by atoms with van der Waals surface area (Å²) in [7, 11) is 0. The van der Waals surface area contributed by atoms with E-state index in [1.165, 1.54) is 18.5 Å². The third-order valence-corrected chi connectivity index (χ3v) is 2.46. The second-order valence-electron chi connectivity index (χ2n) is 3.96. The van der Waals surface area contributed by atoms with Gasteiger partial charge in [0, 0.05) is 31.2 Å². The molecular formula is C12H14N4O2. The van der Waals surface area contributed by atoms with Crippen LogP contribution in [0.3, 0.4) is 0 Å². The number of aromatic amines is 1. The van der Waals surface area contributed by atoms with Crippen molar-refractivity contribution in [2.45, 2.75) is 13.5 Å². The molecule has 1 amide bonds. The maximum absolute atomic E-state index is 11.7. The Kier molecular flexibility index (Phi) is 3.57. The molecule has 0 aliphatic rings. The van der Waals surface area contributed by atoms with E-state index in [1.54, 1.807) is 10.9 Å². The number of hydrogen-bond donors (Lipinski definition) is 2. The first-order valence-corrected chi connectivity index (χ1v) is 5.61. The third-order valence-electron chi connectivity index (χ3n) is 2.46. The first-order valence-electron chi connectivity index (χ1n) is 5.61. The fourth-order valence-corrected chi connectivity index (χ4v) is 1.56. The van der Waals surface area contributed by atoms with Crippen LogP contribution in [0.25, 0.3) is 0 Å². The SMILES string of the molecule is Cc1cnn(CCNC(=O)c2c[nH]ccc2=O)c1. The van der Waals surface area contributed by atoms with E-state index >= 15 is 0 Å². The molecule has 0 fully saturated rings. The summed E-state index contributed by atoms with van der Waals surface area (Å²) in [6.07, 6.45) is 6.53. The summed E-state index contributed by atoms with van der Waals surface area (Å²) in [5, 5.41) is 6.78. The molecule has 2 heterocycles. The Bertz CT molecular complexity index is 600. The Morgan fingerprint density at radius 1 is 1.56 bits per heavy atom. The lowest BCUT2D eigenvalue weighted by molar-refractivity contribution is 0.0950. The van der Waals surface area contributed by atoms with Gasteiger partial charge in [-0.3, -0.25) is 14.3 Å². The van der Waals surface area contributed by atoms with E-state index in [1.807, 2.05) is 13.1 Å².